The van der Waals surface area contributed by atoms with Crippen molar-refractivity contribution in [3.63, 3.8) is 0 Å². The number of carbonyl (C=O) groups is 2. The molecule has 218 valence electrons. The number of allylic oxidation sites excluding steroid dienone is 5. The van der Waals surface area contributed by atoms with Gasteiger partial charge in [0.15, 0.2) is 0 Å². The van der Waals surface area contributed by atoms with E-state index in [4.69, 9.17) is 9.98 Å². The number of carboxylic acids is 2. The molecular weight excluding hydrogens is 536 g/mol. The number of hydrogen-bond acceptors (Lipinski definition) is 7. The van der Waals surface area contributed by atoms with Gasteiger partial charge in [-0.2, -0.15) is 0 Å². The standard InChI is InChI=1S/C32H34N4O6/c1-18-23-6-7-25(33-23)20(3)29-15-22(5-12-30(39)40)32(36(29)17-38,14-13-31(41)42)21(4)26-9-8-24(34-26)19(2)28-11-10-27(18)35(28)16-37/h5-12,15,22,37-38H,13-14,16-17H2,1-4H3,(H,39,40)(H,41,42). The smallest absolute Gasteiger partial charge is 0.327 e. The molecule has 2 atom stereocenters. The minimum absolute atomic E-state index is 0.0881. The van der Waals surface area contributed by atoms with E-state index in [9.17, 15) is 30.0 Å². The van der Waals surface area contributed by atoms with Crippen LogP contribution in [0, 0.1) is 5.92 Å². The molecular formula is C32H34N4O6. The highest BCUT2D eigenvalue weighted by Crippen LogP contribution is 2.49. The van der Waals surface area contributed by atoms with Crippen molar-refractivity contribution in [2.24, 2.45) is 15.9 Å². The maximum atomic E-state index is 11.9. The van der Waals surface area contributed by atoms with Crippen LogP contribution in [-0.4, -0.2) is 65.5 Å². The second-order valence-electron chi connectivity index (χ2n) is 10.8. The van der Waals surface area contributed by atoms with E-state index >= 15 is 0 Å². The number of nitrogens with zero attached hydrogens (tertiary/aromatic N) is 4. The van der Waals surface area contributed by atoms with E-state index in [2.05, 4.69) is 0 Å². The number of aromatic nitrogens is 1. The SMILES string of the molecule is CC1=C2C=CC(=N2)C(C)=c2ccc(n2CO)=C(C)C2=NC(=C(C)C3(CCC(=O)O)C(C=CC(=O)O)C=C1N3CO)C=C2. The van der Waals surface area contributed by atoms with Crippen molar-refractivity contribution >= 4 is 34.5 Å². The molecule has 0 saturated heterocycles. The largest absolute Gasteiger partial charge is 0.481 e. The van der Waals surface area contributed by atoms with Gasteiger partial charge in [0.2, 0.25) is 0 Å². The molecule has 10 nitrogen and oxygen atoms in total. The zero-order valence-electron chi connectivity index (χ0n) is 24.0. The number of aliphatic carboxylic acids is 2. The lowest BCUT2D eigenvalue weighted by molar-refractivity contribution is -0.138. The highest BCUT2D eigenvalue weighted by atomic mass is 16.4. The Bertz CT molecular complexity index is 1760. The van der Waals surface area contributed by atoms with E-state index in [0.29, 0.717) is 28.4 Å². The first-order chi connectivity index (χ1) is 20.0. The van der Waals surface area contributed by atoms with Crippen LogP contribution in [0.5, 0.6) is 0 Å². The van der Waals surface area contributed by atoms with Crippen LogP contribution in [0.4, 0.5) is 0 Å². The molecule has 0 aromatic carbocycles. The summed E-state index contributed by atoms with van der Waals surface area (Å²) in [5.41, 5.74) is 5.30. The van der Waals surface area contributed by atoms with E-state index in [-0.39, 0.29) is 19.6 Å². The molecule has 8 bridgehead atoms. The lowest BCUT2D eigenvalue weighted by atomic mass is 9.74. The summed E-state index contributed by atoms with van der Waals surface area (Å²) in [7, 11) is 0. The van der Waals surface area contributed by atoms with Crippen LogP contribution in [0.3, 0.4) is 0 Å². The molecule has 1 aromatic heterocycles. The Hall–Kier alpha value is -4.54. The minimum Gasteiger partial charge on any atom is -0.481 e. The summed E-state index contributed by atoms with van der Waals surface area (Å²) in [5, 5.41) is 42.1. The molecule has 4 N–H and O–H groups in total. The van der Waals surface area contributed by atoms with Crippen LogP contribution in [0.15, 0.2) is 92.9 Å². The summed E-state index contributed by atoms with van der Waals surface area (Å²) in [4.78, 5) is 35.1. The summed E-state index contributed by atoms with van der Waals surface area (Å²) < 4.78 is 1.81. The minimum atomic E-state index is -1.13. The van der Waals surface area contributed by atoms with Crippen molar-refractivity contribution in [1.29, 1.82) is 0 Å². The zero-order valence-corrected chi connectivity index (χ0v) is 24.0. The summed E-state index contributed by atoms with van der Waals surface area (Å²) in [6.07, 6.45) is 11.9. The van der Waals surface area contributed by atoms with Gasteiger partial charge in [-0.05, 0) is 92.8 Å². The first-order valence-electron chi connectivity index (χ1n) is 13.7. The Morgan fingerprint density at radius 3 is 2.02 bits per heavy atom. The van der Waals surface area contributed by atoms with Gasteiger partial charge in [-0.3, -0.25) is 4.79 Å². The summed E-state index contributed by atoms with van der Waals surface area (Å²) in [6, 6.07) is 3.89. The first-order valence-corrected chi connectivity index (χ1v) is 13.7. The van der Waals surface area contributed by atoms with Crippen molar-refractivity contribution in [1.82, 2.24) is 9.47 Å². The average Bonchev–Trinajstić information content (AvgIpc) is 3.77. The number of hydrogen-bond donors (Lipinski definition) is 4. The fourth-order valence-corrected chi connectivity index (χ4v) is 6.41. The fraction of sp³-hybridized carbons (Fsp3) is 0.312. The third-order valence-electron chi connectivity index (χ3n) is 8.71. The van der Waals surface area contributed by atoms with E-state index in [1.165, 1.54) is 0 Å². The molecule has 0 saturated carbocycles. The van der Waals surface area contributed by atoms with Crippen LogP contribution in [0.25, 0.3) is 11.1 Å². The Morgan fingerprint density at radius 1 is 0.881 bits per heavy atom. The predicted octanol–water partition coefficient (Wildman–Crippen LogP) is 2.37. The second-order valence-corrected chi connectivity index (χ2v) is 10.8. The van der Waals surface area contributed by atoms with Crippen LogP contribution in [0.2, 0.25) is 0 Å². The molecule has 42 heavy (non-hydrogen) atoms. The lowest BCUT2D eigenvalue weighted by Crippen LogP contribution is -2.51. The van der Waals surface area contributed by atoms with Gasteiger partial charge in [-0.25, -0.2) is 14.8 Å². The highest BCUT2D eigenvalue weighted by molar-refractivity contribution is 6.26. The molecule has 4 aliphatic rings. The molecule has 2 unspecified atom stereocenters. The van der Waals surface area contributed by atoms with Gasteiger partial charge in [0.1, 0.15) is 13.5 Å². The van der Waals surface area contributed by atoms with Crippen LogP contribution < -0.4 is 10.7 Å². The van der Waals surface area contributed by atoms with E-state index in [0.717, 1.165) is 39.2 Å². The van der Waals surface area contributed by atoms with Crippen LogP contribution >= 0.6 is 0 Å². The number of carboxylic acid groups (broad SMARTS) is 2. The Balaban J connectivity index is 1.89. The van der Waals surface area contributed by atoms with E-state index in [1.54, 1.807) is 11.0 Å². The maximum Gasteiger partial charge on any atom is 0.327 e. The molecule has 0 amide bonds. The Kier molecular flexibility index (Phi) is 7.61. The van der Waals surface area contributed by atoms with Crippen molar-refractivity contribution in [2.45, 2.75) is 52.8 Å². The maximum absolute atomic E-state index is 11.9. The molecule has 0 spiro atoms. The van der Waals surface area contributed by atoms with Gasteiger partial charge in [0.25, 0.3) is 0 Å². The monoisotopic (exact) mass is 570 g/mol. The average molecular weight is 571 g/mol. The Morgan fingerprint density at radius 2 is 1.48 bits per heavy atom. The molecule has 1 aromatic rings. The molecule has 5 heterocycles. The van der Waals surface area contributed by atoms with Gasteiger partial charge < -0.3 is 29.9 Å². The van der Waals surface area contributed by atoms with Gasteiger partial charge in [0, 0.05) is 34.8 Å². The first kappa shape index (κ1) is 29.0. The van der Waals surface area contributed by atoms with Crippen LogP contribution in [-0.2, 0) is 16.3 Å². The molecule has 5 rings (SSSR count). The summed E-state index contributed by atoms with van der Waals surface area (Å²) in [6.45, 7) is 6.93. The molecule has 0 radical (unpaired) electrons. The number of aliphatic imine (C=N–C) groups is 2. The van der Waals surface area contributed by atoms with Crippen molar-refractivity contribution in [2.75, 3.05) is 6.73 Å². The summed E-state index contributed by atoms with van der Waals surface area (Å²) in [5.74, 6) is -2.73. The highest BCUT2D eigenvalue weighted by Gasteiger charge is 2.50. The Labute approximate surface area is 243 Å². The normalized spacial score (nSPS) is 23.4. The third-order valence-corrected chi connectivity index (χ3v) is 8.71. The molecule has 0 aliphatic carbocycles. The van der Waals surface area contributed by atoms with Gasteiger partial charge in [-0.15, -0.1) is 0 Å². The lowest BCUT2D eigenvalue weighted by Gasteiger charge is -2.45. The second kappa shape index (κ2) is 11.0. The van der Waals surface area contributed by atoms with Gasteiger partial charge in [0.05, 0.1) is 28.4 Å². The number of aliphatic hydroxyl groups excluding tert-OH is 2. The van der Waals surface area contributed by atoms with Gasteiger partial charge in [-0.1, -0.05) is 12.2 Å². The quantitative estimate of drug-likeness (QED) is 0.368. The topological polar surface area (TPSA) is 148 Å². The van der Waals surface area contributed by atoms with Gasteiger partial charge >= 0.3 is 11.9 Å². The third kappa shape index (κ3) is 4.62. The van der Waals surface area contributed by atoms with Crippen molar-refractivity contribution in [3.8, 4) is 0 Å². The van der Waals surface area contributed by atoms with E-state index in [1.807, 2.05) is 74.8 Å². The fourth-order valence-electron chi connectivity index (χ4n) is 6.41. The number of rotatable bonds is 7. The predicted molar refractivity (Wildman–Crippen MR) is 159 cm³/mol. The van der Waals surface area contributed by atoms with Crippen molar-refractivity contribution < 1.29 is 30.0 Å². The van der Waals surface area contributed by atoms with Crippen molar-refractivity contribution in [3.05, 3.63) is 93.6 Å². The van der Waals surface area contributed by atoms with Crippen LogP contribution in [0.1, 0.15) is 40.5 Å². The van der Waals surface area contributed by atoms with E-state index < -0.39 is 30.1 Å². The summed E-state index contributed by atoms with van der Waals surface area (Å²) >= 11 is 0. The molecule has 4 aliphatic heterocycles. The molecule has 10 heteroatoms. The number of aliphatic hydroxyl groups is 2. The molecule has 0 fully saturated rings. The number of fused-ring (bicyclic) bond motifs is 6. The zero-order chi connectivity index (χ0) is 30.3.